The summed E-state index contributed by atoms with van der Waals surface area (Å²) in [5.74, 6) is 0.0815. The van der Waals surface area contributed by atoms with Crippen molar-refractivity contribution in [2.75, 3.05) is 4.72 Å². The van der Waals surface area contributed by atoms with Gasteiger partial charge in [0.25, 0.3) is 10.0 Å². The molecule has 0 unspecified atom stereocenters. The van der Waals surface area contributed by atoms with Gasteiger partial charge in [-0.25, -0.2) is 13.4 Å². The number of imidazole rings is 1. The number of carbonyl (C=O) groups is 1. The van der Waals surface area contributed by atoms with E-state index in [4.69, 9.17) is 0 Å². The normalized spacial score (nSPS) is 11.3. The van der Waals surface area contributed by atoms with Crippen molar-refractivity contribution in [3.05, 3.63) is 75.2 Å². The van der Waals surface area contributed by atoms with E-state index in [0.29, 0.717) is 26.0 Å². The van der Waals surface area contributed by atoms with Crippen LogP contribution in [-0.2, 0) is 17.1 Å². The van der Waals surface area contributed by atoms with E-state index in [1.807, 2.05) is 0 Å². The lowest BCUT2D eigenvalue weighted by molar-refractivity contribution is 0.102. The van der Waals surface area contributed by atoms with Gasteiger partial charge in [0.2, 0.25) is 5.78 Å². The largest absolute Gasteiger partial charge is 0.331 e. The summed E-state index contributed by atoms with van der Waals surface area (Å²) in [7, 11) is -2.04. The first-order valence-electron chi connectivity index (χ1n) is 7.38. The van der Waals surface area contributed by atoms with Crippen molar-refractivity contribution >= 4 is 53.4 Å². The predicted molar refractivity (Wildman–Crippen MR) is 106 cm³/mol. The molecule has 0 spiro atoms. The van der Waals surface area contributed by atoms with Crippen LogP contribution in [0.1, 0.15) is 16.2 Å². The molecule has 0 aliphatic heterocycles. The first-order chi connectivity index (χ1) is 12.3. The average molecular weight is 499 g/mol. The summed E-state index contributed by atoms with van der Waals surface area (Å²) in [6, 6.07) is 11.1. The Bertz CT molecular complexity index is 1080. The summed E-state index contributed by atoms with van der Waals surface area (Å²) in [4.78, 5) is 16.5. The first-order valence-corrected chi connectivity index (χ1v) is 10.4. The second kappa shape index (κ2) is 7.34. The summed E-state index contributed by atoms with van der Waals surface area (Å²) < 4.78 is 30.4. The summed E-state index contributed by atoms with van der Waals surface area (Å²) in [6.07, 6.45) is 3.23. The summed E-state index contributed by atoms with van der Waals surface area (Å²) in [6.45, 7) is 0. The summed E-state index contributed by atoms with van der Waals surface area (Å²) in [5, 5.41) is 0. The molecule has 6 nitrogen and oxygen atoms in total. The highest BCUT2D eigenvalue weighted by atomic mass is 79.9. The number of aryl methyl sites for hydroxylation is 1. The lowest BCUT2D eigenvalue weighted by Gasteiger charge is -2.10. The second-order valence-corrected chi connectivity index (χ2v) is 8.87. The van der Waals surface area contributed by atoms with Crippen molar-refractivity contribution in [1.29, 1.82) is 0 Å². The molecule has 3 aromatic rings. The van der Waals surface area contributed by atoms with Gasteiger partial charge in [0, 0.05) is 39.6 Å². The number of sulfonamides is 1. The number of ketones is 1. The fraction of sp³-hybridized carbons (Fsp3) is 0.0588. The van der Waals surface area contributed by atoms with Gasteiger partial charge in [0.05, 0.1) is 0 Å². The van der Waals surface area contributed by atoms with E-state index < -0.39 is 10.0 Å². The molecule has 26 heavy (non-hydrogen) atoms. The van der Waals surface area contributed by atoms with Gasteiger partial charge < -0.3 is 4.57 Å². The van der Waals surface area contributed by atoms with Crippen molar-refractivity contribution < 1.29 is 13.2 Å². The van der Waals surface area contributed by atoms with Crippen LogP contribution in [0.25, 0.3) is 0 Å². The number of rotatable bonds is 5. The number of halogens is 2. The van der Waals surface area contributed by atoms with Gasteiger partial charge in [-0.2, -0.15) is 0 Å². The third kappa shape index (κ3) is 3.89. The predicted octanol–water partition coefficient (Wildman–Crippen LogP) is 3.98. The third-order valence-corrected chi connectivity index (χ3v) is 6.47. The molecule has 0 radical (unpaired) electrons. The zero-order valence-corrected chi connectivity index (χ0v) is 17.5. The highest BCUT2D eigenvalue weighted by Gasteiger charge is 2.19. The molecular weight excluding hydrogens is 486 g/mol. The van der Waals surface area contributed by atoms with Crippen molar-refractivity contribution in [2.45, 2.75) is 4.90 Å². The quantitative estimate of drug-likeness (QED) is 0.539. The Hall–Kier alpha value is -1.97. The highest BCUT2D eigenvalue weighted by molar-refractivity contribution is 9.11. The molecule has 1 heterocycles. The number of hydrogen-bond donors (Lipinski definition) is 1. The van der Waals surface area contributed by atoms with E-state index in [1.54, 1.807) is 60.4 Å². The third-order valence-electron chi connectivity index (χ3n) is 3.61. The van der Waals surface area contributed by atoms with E-state index in [9.17, 15) is 13.2 Å². The molecule has 0 atom stereocenters. The van der Waals surface area contributed by atoms with Crippen molar-refractivity contribution in [3.63, 3.8) is 0 Å². The Balaban J connectivity index is 1.84. The molecule has 1 N–H and O–H groups in total. The Morgan fingerprint density at radius 3 is 2.42 bits per heavy atom. The Morgan fingerprint density at radius 1 is 1.12 bits per heavy atom. The standard InChI is InChI=1S/C17H13Br2N3O3S/c1-22-9-8-20-17(22)16(23)11-2-5-13(6-3-11)21-26(24,25)15-10-12(18)4-7-14(15)19/h2-10,21H,1H3. The van der Waals surface area contributed by atoms with Crippen LogP contribution in [0.5, 0.6) is 0 Å². The molecule has 0 saturated heterocycles. The van der Waals surface area contributed by atoms with E-state index in [2.05, 4.69) is 41.6 Å². The van der Waals surface area contributed by atoms with Gasteiger partial charge in [0.1, 0.15) is 4.90 Å². The lowest BCUT2D eigenvalue weighted by atomic mass is 10.1. The Kier molecular flexibility index (Phi) is 5.31. The molecule has 134 valence electrons. The van der Waals surface area contributed by atoms with Gasteiger partial charge in [-0.15, -0.1) is 0 Å². The minimum Gasteiger partial charge on any atom is -0.331 e. The van der Waals surface area contributed by atoms with Gasteiger partial charge in [-0.3, -0.25) is 9.52 Å². The van der Waals surface area contributed by atoms with Gasteiger partial charge >= 0.3 is 0 Å². The van der Waals surface area contributed by atoms with Crippen LogP contribution in [0.3, 0.4) is 0 Å². The maximum absolute atomic E-state index is 12.6. The maximum Gasteiger partial charge on any atom is 0.263 e. The van der Waals surface area contributed by atoms with Crippen LogP contribution in [0.4, 0.5) is 5.69 Å². The molecule has 3 rings (SSSR count). The molecule has 2 aromatic carbocycles. The zero-order valence-electron chi connectivity index (χ0n) is 13.5. The number of aromatic nitrogens is 2. The number of carbonyl (C=O) groups excluding carboxylic acids is 1. The average Bonchev–Trinajstić information content (AvgIpc) is 3.02. The van der Waals surface area contributed by atoms with Crippen LogP contribution in [0.15, 0.2) is 68.7 Å². The fourth-order valence-electron chi connectivity index (χ4n) is 2.30. The second-order valence-electron chi connectivity index (χ2n) is 5.45. The number of nitrogens with zero attached hydrogens (tertiary/aromatic N) is 2. The highest BCUT2D eigenvalue weighted by Crippen LogP contribution is 2.27. The van der Waals surface area contributed by atoms with Crippen molar-refractivity contribution in [1.82, 2.24) is 9.55 Å². The first kappa shape index (κ1) is 18.8. The lowest BCUT2D eigenvalue weighted by Crippen LogP contribution is -2.14. The maximum atomic E-state index is 12.6. The number of nitrogens with one attached hydrogen (secondary N) is 1. The molecule has 0 bridgehead atoms. The fourth-order valence-corrected chi connectivity index (χ4v) is 4.86. The van der Waals surface area contributed by atoms with Gasteiger partial charge in [-0.1, -0.05) is 15.9 Å². The van der Waals surface area contributed by atoms with Crippen LogP contribution < -0.4 is 4.72 Å². The van der Waals surface area contributed by atoms with Crippen LogP contribution in [0, 0.1) is 0 Å². The number of benzene rings is 2. The van der Waals surface area contributed by atoms with Gasteiger partial charge in [0.15, 0.2) is 5.82 Å². The van der Waals surface area contributed by atoms with E-state index in [-0.39, 0.29) is 10.7 Å². The summed E-state index contributed by atoms with van der Waals surface area (Å²) >= 11 is 6.51. The topological polar surface area (TPSA) is 81.1 Å². The van der Waals surface area contributed by atoms with Crippen molar-refractivity contribution in [2.24, 2.45) is 7.05 Å². The van der Waals surface area contributed by atoms with Crippen LogP contribution in [0.2, 0.25) is 0 Å². The number of hydrogen-bond acceptors (Lipinski definition) is 4. The monoisotopic (exact) mass is 497 g/mol. The summed E-state index contributed by atoms with van der Waals surface area (Å²) in [5.41, 5.74) is 0.777. The Labute approximate surface area is 167 Å². The van der Waals surface area contributed by atoms with Gasteiger partial charge in [-0.05, 0) is 58.4 Å². The minimum atomic E-state index is -3.78. The minimum absolute atomic E-state index is 0.111. The Morgan fingerprint density at radius 2 is 1.81 bits per heavy atom. The smallest absolute Gasteiger partial charge is 0.263 e. The number of anilines is 1. The molecule has 1 aromatic heterocycles. The molecule has 0 fully saturated rings. The zero-order chi connectivity index (χ0) is 18.9. The van der Waals surface area contributed by atoms with E-state index >= 15 is 0 Å². The molecule has 9 heteroatoms. The molecular formula is C17H13Br2N3O3S. The van der Waals surface area contributed by atoms with Crippen LogP contribution in [-0.4, -0.2) is 23.8 Å². The molecule has 0 aliphatic rings. The SMILES string of the molecule is Cn1ccnc1C(=O)c1ccc(NS(=O)(=O)c2cc(Br)ccc2Br)cc1. The van der Waals surface area contributed by atoms with E-state index in [0.717, 1.165) is 0 Å². The van der Waals surface area contributed by atoms with E-state index in [1.165, 1.54) is 6.07 Å². The molecule has 0 saturated carbocycles. The molecule has 0 aliphatic carbocycles. The van der Waals surface area contributed by atoms with Crippen LogP contribution >= 0.6 is 31.9 Å². The molecule has 0 amide bonds. The van der Waals surface area contributed by atoms with Crippen molar-refractivity contribution in [3.8, 4) is 0 Å².